The van der Waals surface area contributed by atoms with E-state index in [0.717, 1.165) is 5.56 Å². The number of hydrogen-bond donors (Lipinski definition) is 0. The van der Waals surface area contributed by atoms with Crippen LogP contribution in [0.25, 0.3) is 22.6 Å². The number of rotatable bonds is 7. The smallest absolute Gasteiger partial charge is 0.277 e. The van der Waals surface area contributed by atoms with Crippen LogP contribution in [-0.2, 0) is 20.5 Å². The minimum Gasteiger partial charge on any atom is -0.411 e. The fourth-order valence-electron chi connectivity index (χ4n) is 3.68. The molecule has 1 aromatic heterocycles. The maximum atomic E-state index is 12.9. The van der Waals surface area contributed by atoms with Crippen LogP contribution < -0.4 is 0 Å². The highest BCUT2D eigenvalue weighted by atomic mass is 32.2. The summed E-state index contributed by atoms with van der Waals surface area (Å²) in [5.74, 6) is 0.975. The molecular weight excluding hydrogens is 470 g/mol. The average Bonchev–Trinajstić information content (AvgIpc) is 3.38. The van der Waals surface area contributed by atoms with Crippen molar-refractivity contribution in [1.82, 2.24) is 14.5 Å². The van der Waals surface area contributed by atoms with Crippen LogP contribution in [0.4, 0.5) is 0 Å². The summed E-state index contributed by atoms with van der Waals surface area (Å²) >= 11 is 1.44. The Bertz CT molecular complexity index is 1350. The van der Waals surface area contributed by atoms with Crippen molar-refractivity contribution in [3.8, 4) is 22.6 Å². The van der Waals surface area contributed by atoms with E-state index in [0.29, 0.717) is 48.7 Å². The molecule has 0 atom stereocenters. The Morgan fingerprint density at radius 2 is 1.53 bits per heavy atom. The van der Waals surface area contributed by atoms with E-state index in [1.165, 1.54) is 27.2 Å². The molecule has 0 amide bonds. The van der Waals surface area contributed by atoms with Gasteiger partial charge in [-0.25, -0.2) is 8.42 Å². The molecule has 174 valence electrons. The molecule has 5 rings (SSSR count). The summed E-state index contributed by atoms with van der Waals surface area (Å²) in [6, 6.07) is 25.2. The van der Waals surface area contributed by atoms with Crippen LogP contribution >= 0.6 is 11.8 Å². The molecule has 0 bridgehead atoms. The number of aromatic nitrogens is 2. The van der Waals surface area contributed by atoms with Gasteiger partial charge in [0, 0.05) is 24.4 Å². The summed E-state index contributed by atoms with van der Waals surface area (Å²) < 4.78 is 38.4. The summed E-state index contributed by atoms with van der Waals surface area (Å²) in [6.45, 7) is 1.50. The third kappa shape index (κ3) is 5.07. The van der Waals surface area contributed by atoms with Crippen LogP contribution in [0.15, 0.2) is 93.4 Å². The van der Waals surface area contributed by atoms with Crippen LogP contribution in [0.5, 0.6) is 0 Å². The lowest BCUT2D eigenvalue weighted by Gasteiger charge is -2.26. The maximum Gasteiger partial charge on any atom is 0.277 e. The van der Waals surface area contributed by atoms with E-state index in [9.17, 15) is 8.42 Å². The quantitative estimate of drug-likeness (QED) is 0.345. The first kappa shape index (κ1) is 22.8. The Hall–Kier alpha value is -2.98. The molecule has 1 fully saturated rings. The van der Waals surface area contributed by atoms with Crippen LogP contribution in [0, 0.1) is 0 Å². The zero-order chi connectivity index (χ0) is 23.4. The molecule has 0 N–H and O–H groups in total. The van der Waals surface area contributed by atoms with Gasteiger partial charge in [-0.2, -0.15) is 4.31 Å². The second-order valence-electron chi connectivity index (χ2n) is 7.77. The molecule has 34 heavy (non-hydrogen) atoms. The van der Waals surface area contributed by atoms with E-state index in [1.54, 1.807) is 24.3 Å². The molecule has 0 radical (unpaired) electrons. The first-order chi connectivity index (χ1) is 16.6. The van der Waals surface area contributed by atoms with Crippen molar-refractivity contribution >= 4 is 21.8 Å². The zero-order valence-electron chi connectivity index (χ0n) is 18.3. The Kier molecular flexibility index (Phi) is 6.77. The van der Waals surface area contributed by atoms with E-state index < -0.39 is 10.0 Å². The number of ether oxygens (including phenoxy) is 1. The molecule has 9 heteroatoms. The predicted octanol–water partition coefficient (Wildman–Crippen LogP) is 4.72. The van der Waals surface area contributed by atoms with Gasteiger partial charge in [0.25, 0.3) is 5.22 Å². The molecule has 1 aliphatic rings. The van der Waals surface area contributed by atoms with Crippen molar-refractivity contribution in [3.63, 3.8) is 0 Å². The van der Waals surface area contributed by atoms with E-state index in [1.807, 2.05) is 18.2 Å². The van der Waals surface area contributed by atoms with E-state index in [2.05, 4.69) is 46.6 Å². The first-order valence-corrected chi connectivity index (χ1v) is 13.3. The van der Waals surface area contributed by atoms with Crippen molar-refractivity contribution in [2.45, 2.75) is 15.9 Å². The molecule has 2 heterocycles. The van der Waals surface area contributed by atoms with Crippen LogP contribution in [-0.4, -0.2) is 49.2 Å². The summed E-state index contributed by atoms with van der Waals surface area (Å²) in [5, 5.41) is 8.68. The summed E-state index contributed by atoms with van der Waals surface area (Å²) in [4.78, 5) is 0.206. The second kappa shape index (κ2) is 10.1. The van der Waals surface area contributed by atoms with Gasteiger partial charge in [-0.15, -0.1) is 10.2 Å². The Morgan fingerprint density at radius 3 is 2.29 bits per heavy atom. The number of morpholine rings is 1. The maximum absolute atomic E-state index is 12.9. The van der Waals surface area contributed by atoms with Crippen molar-refractivity contribution in [1.29, 1.82) is 0 Å². The number of nitrogens with zero attached hydrogens (tertiary/aromatic N) is 3. The molecule has 3 aromatic carbocycles. The van der Waals surface area contributed by atoms with Crippen LogP contribution in [0.1, 0.15) is 5.56 Å². The highest BCUT2D eigenvalue weighted by Crippen LogP contribution is 2.28. The lowest BCUT2D eigenvalue weighted by atomic mass is 10.0. The first-order valence-electron chi connectivity index (χ1n) is 10.9. The number of hydrogen-bond acceptors (Lipinski definition) is 7. The van der Waals surface area contributed by atoms with Crippen LogP contribution in [0.3, 0.4) is 0 Å². The monoisotopic (exact) mass is 493 g/mol. The lowest BCUT2D eigenvalue weighted by molar-refractivity contribution is 0.0730. The SMILES string of the molecule is O=S(=O)(c1cccc(-c2nnc(SCc3ccc(-c4ccccc4)cc3)o2)c1)N1CCOCC1. The van der Waals surface area contributed by atoms with E-state index >= 15 is 0 Å². The molecule has 4 aromatic rings. The second-order valence-corrected chi connectivity index (χ2v) is 10.6. The van der Waals surface area contributed by atoms with Gasteiger partial charge in [0.2, 0.25) is 15.9 Å². The van der Waals surface area contributed by atoms with Gasteiger partial charge in [-0.05, 0) is 34.9 Å². The van der Waals surface area contributed by atoms with Gasteiger partial charge in [-0.3, -0.25) is 0 Å². The average molecular weight is 494 g/mol. The summed E-state index contributed by atoms with van der Waals surface area (Å²) in [6.07, 6.45) is 0. The predicted molar refractivity (Wildman–Crippen MR) is 131 cm³/mol. The Labute approximate surface area is 202 Å². The third-order valence-electron chi connectivity index (χ3n) is 5.52. The van der Waals surface area contributed by atoms with Gasteiger partial charge in [0.05, 0.1) is 18.1 Å². The number of sulfonamides is 1. The van der Waals surface area contributed by atoms with Crippen LogP contribution in [0.2, 0.25) is 0 Å². The van der Waals surface area contributed by atoms with E-state index in [4.69, 9.17) is 9.15 Å². The summed E-state index contributed by atoms with van der Waals surface area (Å²) in [7, 11) is -3.60. The van der Waals surface area contributed by atoms with Gasteiger partial charge in [-0.1, -0.05) is 72.4 Å². The van der Waals surface area contributed by atoms with Crippen molar-refractivity contribution in [2.75, 3.05) is 26.3 Å². The minimum atomic E-state index is -3.60. The van der Waals surface area contributed by atoms with Gasteiger partial charge in [0.1, 0.15) is 0 Å². The van der Waals surface area contributed by atoms with Crippen molar-refractivity contribution < 1.29 is 17.6 Å². The molecular formula is C25H23N3O4S2. The number of benzene rings is 3. The lowest BCUT2D eigenvalue weighted by Crippen LogP contribution is -2.40. The largest absolute Gasteiger partial charge is 0.411 e. The van der Waals surface area contributed by atoms with Crippen molar-refractivity contribution in [3.05, 3.63) is 84.4 Å². The molecule has 7 nitrogen and oxygen atoms in total. The third-order valence-corrected chi connectivity index (χ3v) is 8.30. The molecule has 1 aliphatic heterocycles. The minimum absolute atomic E-state index is 0.206. The topological polar surface area (TPSA) is 85.5 Å². The van der Waals surface area contributed by atoms with Gasteiger partial charge in [0.15, 0.2) is 0 Å². The molecule has 0 saturated carbocycles. The molecule has 0 spiro atoms. The molecule has 1 saturated heterocycles. The standard InChI is InChI=1S/C25H23N3O4S2/c29-34(30,28-13-15-31-16-14-28)23-8-4-7-22(17-23)24-26-27-25(32-24)33-18-19-9-11-21(12-10-19)20-5-2-1-3-6-20/h1-12,17H,13-16,18H2. The molecule has 0 aliphatic carbocycles. The van der Waals surface area contributed by atoms with E-state index in [-0.39, 0.29) is 4.90 Å². The van der Waals surface area contributed by atoms with Gasteiger partial charge >= 0.3 is 0 Å². The highest BCUT2D eigenvalue weighted by molar-refractivity contribution is 7.98. The fourth-order valence-corrected chi connectivity index (χ4v) is 5.85. The normalized spacial score (nSPS) is 14.8. The Balaban J connectivity index is 1.26. The van der Waals surface area contributed by atoms with Gasteiger partial charge < -0.3 is 9.15 Å². The summed E-state index contributed by atoms with van der Waals surface area (Å²) in [5.41, 5.74) is 4.06. The molecule has 0 unspecified atom stereocenters. The fraction of sp³-hybridized carbons (Fsp3) is 0.200. The number of thioether (sulfide) groups is 1. The Morgan fingerprint density at radius 1 is 0.824 bits per heavy atom. The highest BCUT2D eigenvalue weighted by Gasteiger charge is 2.26. The zero-order valence-corrected chi connectivity index (χ0v) is 20.0. The van der Waals surface area contributed by atoms with Crippen molar-refractivity contribution in [2.24, 2.45) is 0 Å².